The number of benzene rings is 1. The fourth-order valence-electron chi connectivity index (χ4n) is 4.15. The van der Waals surface area contributed by atoms with Crippen molar-refractivity contribution >= 4 is 23.4 Å². The number of furan rings is 2. The van der Waals surface area contributed by atoms with E-state index in [2.05, 4.69) is 21.7 Å². The molecule has 0 spiro atoms. The normalized spacial score (nSPS) is 13.8. The van der Waals surface area contributed by atoms with E-state index in [1.807, 2.05) is 4.90 Å². The van der Waals surface area contributed by atoms with Gasteiger partial charge >= 0.3 is 0 Å². The van der Waals surface area contributed by atoms with Gasteiger partial charge < -0.3 is 28.8 Å². The molecule has 1 fully saturated rings. The molecule has 0 unspecified atom stereocenters. The van der Waals surface area contributed by atoms with E-state index < -0.39 is 0 Å². The van der Waals surface area contributed by atoms with Crippen LogP contribution in [0.2, 0.25) is 0 Å². The van der Waals surface area contributed by atoms with E-state index in [0.29, 0.717) is 54.6 Å². The monoisotopic (exact) mass is 485 g/mol. The second kappa shape index (κ2) is 10.2. The van der Waals surface area contributed by atoms with E-state index in [1.165, 1.54) is 6.26 Å². The molecule has 1 aliphatic rings. The molecule has 10 nitrogen and oxygen atoms in total. The maximum absolute atomic E-state index is 13.0. The smallest absolute Gasteiger partial charge is 0.266 e. The molecule has 36 heavy (non-hydrogen) atoms. The Bertz CT molecular complexity index is 1380. The minimum Gasteiger partial charge on any atom is -0.467 e. The van der Waals surface area contributed by atoms with Gasteiger partial charge in [-0.25, -0.2) is 0 Å². The van der Waals surface area contributed by atoms with Crippen LogP contribution in [0, 0.1) is 17.2 Å². The van der Waals surface area contributed by atoms with Crippen molar-refractivity contribution in [1.29, 1.82) is 5.26 Å². The number of aromatic nitrogens is 1. The highest BCUT2D eigenvalue weighted by Crippen LogP contribution is 2.31. The molecule has 2 N–H and O–H groups in total. The summed E-state index contributed by atoms with van der Waals surface area (Å²) in [4.78, 5) is 31.9. The van der Waals surface area contributed by atoms with Crippen molar-refractivity contribution in [3.63, 3.8) is 0 Å². The zero-order valence-electron chi connectivity index (χ0n) is 19.3. The van der Waals surface area contributed by atoms with Crippen LogP contribution in [-0.4, -0.2) is 29.9 Å². The Labute approximate surface area is 206 Å². The molecule has 2 amide bonds. The van der Waals surface area contributed by atoms with Crippen LogP contribution in [0.4, 0.5) is 11.6 Å². The molecule has 182 valence electrons. The number of hydrogen-bond acceptors (Lipinski definition) is 8. The molecule has 3 aromatic heterocycles. The van der Waals surface area contributed by atoms with Gasteiger partial charge in [0.1, 0.15) is 11.8 Å². The standard InChI is InChI=1S/C26H23N5O5/c27-15-21-26(36-25(30-21)22-8-4-14-35-22)31-11-9-17(10-12-31)23(32)29-20-7-2-1-6-19(20)24(33)28-16-18-5-3-13-34-18/h1-8,13-14,17H,9-12,16H2,(H,28,33)(H,29,32). The molecule has 0 bridgehead atoms. The molecule has 1 aromatic carbocycles. The van der Waals surface area contributed by atoms with Crippen molar-refractivity contribution in [3.8, 4) is 17.7 Å². The van der Waals surface area contributed by atoms with Crippen LogP contribution in [0.3, 0.4) is 0 Å². The molecule has 0 saturated carbocycles. The summed E-state index contributed by atoms with van der Waals surface area (Å²) >= 11 is 0. The Morgan fingerprint density at radius 1 is 1.06 bits per heavy atom. The summed E-state index contributed by atoms with van der Waals surface area (Å²) in [5.74, 6) is 0.986. The van der Waals surface area contributed by atoms with Crippen molar-refractivity contribution in [2.75, 3.05) is 23.3 Å². The molecule has 0 aliphatic carbocycles. The number of para-hydroxylation sites is 1. The number of nitrogens with one attached hydrogen (secondary N) is 2. The minimum atomic E-state index is -0.307. The van der Waals surface area contributed by atoms with Gasteiger partial charge in [0.25, 0.3) is 11.8 Å². The number of hydrogen-bond donors (Lipinski definition) is 2. The van der Waals surface area contributed by atoms with Gasteiger partial charge in [-0.3, -0.25) is 9.59 Å². The summed E-state index contributed by atoms with van der Waals surface area (Å²) in [7, 11) is 0. The number of carbonyl (C=O) groups excluding carboxylic acids is 2. The average molecular weight is 486 g/mol. The summed E-state index contributed by atoms with van der Waals surface area (Å²) in [6.45, 7) is 1.29. The second-order valence-electron chi connectivity index (χ2n) is 8.32. The molecule has 0 atom stereocenters. The average Bonchev–Trinajstić information content (AvgIpc) is 3.69. The van der Waals surface area contributed by atoms with Crippen molar-refractivity contribution in [1.82, 2.24) is 10.3 Å². The number of anilines is 2. The van der Waals surface area contributed by atoms with Crippen molar-refractivity contribution in [2.45, 2.75) is 19.4 Å². The molecule has 1 aliphatic heterocycles. The fraction of sp³-hybridized carbons (Fsp3) is 0.231. The van der Waals surface area contributed by atoms with Gasteiger partial charge in [0.05, 0.1) is 30.3 Å². The quantitative estimate of drug-likeness (QED) is 0.398. The Morgan fingerprint density at radius 2 is 1.83 bits per heavy atom. The van der Waals surface area contributed by atoms with Crippen LogP contribution in [0.5, 0.6) is 0 Å². The van der Waals surface area contributed by atoms with Crippen LogP contribution in [-0.2, 0) is 11.3 Å². The summed E-state index contributed by atoms with van der Waals surface area (Å²) in [6.07, 6.45) is 4.17. The summed E-state index contributed by atoms with van der Waals surface area (Å²) in [6, 6.07) is 15.9. The third-order valence-electron chi connectivity index (χ3n) is 6.03. The lowest BCUT2D eigenvalue weighted by Crippen LogP contribution is -2.38. The zero-order chi connectivity index (χ0) is 24.9. The number of rotatable bonds is 7. The summed E-state index contributed by atoms with van der Waals surface area (Å²) in [5.41, 5.74) is 1.01. The van der Waals surface area contributed by atoms with Crippen molar-refractivity contribution in [2.24, 2.45) is 5.92 Å². The number of nitrogens with zero attached hydrogens (tertiary/aromatic N) is 3. The second-order valence-corrected chi connectivity index (χ2v) is 8.32. The highest BCUT2D eigenvalue weighted by molar-refractivity contribution is 6.04. The van der Waals surface area contributed by atoms with Gasteiger partial charge in [-0.2, -0.15) is 10.2 Å². The summed E-state index contributed by atoms with van der Waals surface area (Å²) < 4.78 is 16.4. The Kier molecular flexibility index (Phi) is 6.53. The van der Waals surface area contributed by atoms with E-state index >= 15 is 0 Å². The van der Waals surface area contributed by atoms with Gasteiger partial charge in [-0.05, 0) is 49.2 Å². The van der Waals surface area contributed by atoms with Crippen LogP contribution >= 0.6 is 0 Å². The molecule has 4 aromatic rings. The fourth-order valence-corrected chi connectivity index (χ4v) is 4.15. The highest BCUT2D eigenvalue weighted by Gasteiger charge is 2.30. The van der Waals surface area contributed by atoms with E-state index in [4.69, 9.17) is 13.3 Å². The Morgan fingerprint density at radius 3 is 2.56 bits per heavy atom. The first-order valence-corrected chi connectivity index (χ1v) is 11.5. The summed E-state index contributed by atoms with van der Waals surface area (Å²) in [5, 5.41) is 15.2. The topological polar surface area (TPSA) is 138 Å². The Balaban J connectivity index is 1.21. The van der Waals surface area contributed by atoms with Crippen molar-refractivity contribution in [3.05, 3.63) is 78.1 Å². The number of piperidine rings is 1. The van der Waals surface area contributed by atoms with Gasteiger partial charge in [-0.15, -0.1) is 0 Å². The van der Waals surface area contributed by atoms with Crippen molar-refractivity contribution < 1.29 is 22.8 Å². The van der Waals surface area contributed by atoms with Crippen LogP contribution < -0.4 is 15.5 Å². The molecular formula is C26H23N5O5. The molecule has 1 saturated heterocycles. The number of amides is 2. The molecule has 4 heterocycles. The SMILES string of the molecule is N#Cc1nc(-c2ccco2)oc1N1CCC(C(=O)Nc2ccccc2C(=O)NCc2ccco2)CC1. The van der Waals surface area contributed by atoms with E-state index in [1.54, 1.807) is 54.8 Å². The zero-order valence-corrected chi connectivity index (χ0v) is 19.3. The van der Waals surface area contributed by atoms with E-state index in [0.717, 1.165) is 0 Å². The third kappa shape index (κ3) is 4.86. The minimum absolute atomic E-state index is 0.157. The maximum atomic E-state index is 13.0. The van der Waals surface area contributed by atoms with Gasteiger partial charge in [0.2, 0.25) is 17.5 Å². The number of oxazole rings is 1. The first kappa shape index (κ1) is 23.0. The van der Waals surface area contributed by atoms with Crippen LogP contribution in [0.1, 0.15) is 34.7 Å². The largest absolute Gasteiger partial charge is 0.467 e. The highest BCUT2D eigenvalue weighted by atomic mass is 16.4. The number of nitriles is 1. The molecule has 10 heteroatoms. The van der Waals surface area contributed by atoms with Gasteiger partial charge in [0.15, 0.2) is 5.76 Å². The third-order valence-corrected chi connectivity index (χ3v) is 6.03. The lowest BCUT2D eigenvalue weighted by Gasteiger charge is -2.31. The lowest BCUT2D eigenvalue weighted by molar-refractivity contribution is -0.120. The van der Waals surface area contributed by atoms with Gasteiger partial charge in [0, 0.05) is 19.0 Å². The van der Waals surface area contributed by atoms with Crippen LogP contribution in [0.15, 0.2) is 74.3 Å². The van der Waals surface area contributed by atoms with E-state index in [-0.39, 0.29) is 35.9 Å². The number of carbonyl (C=O) groups is 2. The molecule has 5 rings (SSSR count). The first-order chi connectivity index (χ1) is 17.6. The Hall–Kier alpha value is -4.78. The van der Waals surface area contributed by atoms with E-state index in [9.17, 15) is 14.9 Å². The van der Waals surface area contributed by atoms with Gasteiger partial charge in [-0.1, -0.05) is 12.1 Å². The molecule has 0 radical (unpaired) electrons. The predicted molar refractivity (Wildman–Crippen MR) is 129 cm³/mol. The van der Waals surface area contributed by atoms with Crippen LogP contribution in [0.25, 0.3) is 11.7 Å². The first-order valence-electron chi connectivity index (χ1n) is 11.5. The lowest BCUT2D eigenvalue weighted by atomic mass is 9.95. The maximum Gasteiger partial charge on any atom is 0.266 e. The molecular weight excluding hydrogens is 462 g/mol. The predicted octanol–water partition coefficient (Wildman–Crippen LogP) is 4.18.